The lowest BCUT2D eigenvalue weighted by atomic mass is 9.86. The van der Waals surface area contributed by atoms with Crippen LogP contribution in [0.25, 0.3) is 27.6 Å². The lowest BCUT2D eigenvalue weighted by Gasteiger charge is -2.22. The molecule has 0 atom stereocenters. The van der Waals surface area contributed by atoms with Crippen LogP contribution < -0.4 is 21.8 Å². The number of piperidine rings is 1. The summed E-state index contributed by atoms with van der Waals surface area (Å²) in [6.07, 6.45) is 7.14. The Kier molecular flexibility index (Phi) is 8.11. The summed E-state index contributed by atoms with van der Waals surface area (Å²) in [6.45, 7) is 7.49. The standard InChI is InChI=1S/C35H37FN6O3/c1-35(2,3)25-14-23-18-39-42(34(45)32(23)28(36)16-25)30-7-5-6-26(27(30)20-43)24-15-29(33(44)41(4)19-24)40-31-9-8-22(17-38-31)21-10-12-37-13-11-21/h5-9,14-19,21,37,43H,10-13,20H2,1-4H3,(H,38,40). The Balaban J connectivity index is 1.38. The Morgan fingerprint density at radius 3 is 2.51 bits per heavy atom. The molecule has 232 valence electrons. The monoisotopic (exact) mass is 608 g/mol. The predicted molar refractivity (Wildman–Crippen MR) is 175 cm³/mol. The van der Waals surface area contributed by atoms with Crippen LogP contribution in [0, 0.1) is 5.82 Å². The summed E-state index contributed by atoms with van der Waals surface area (Å²) in [4.78, 5) is 31.3. The van der Waals surface area contributed by atoms with Crippen molar-refractivity contribution >= 4 is 22.3 Å². The number of nitrogens with one attached hydrogen (secondary N) is 2. The molecule has 5 aromatic rings. The number of rotatable bonds is 6. The van der Waals surface area contributed by atoms with Crippen molar-refractivity contribution < 1.29 is 9.50 Å². The van der Waals surface area contributed by atoms with E-state index in [2.05, 4.69) is 20.7 Å². The lowest BCUT2D eigenvalue weighted by molar-refractivity contribution is 0.282. The number of anilines is 2. The largest absolute Gasteiger partial charge is 0.392 e. The van der Waals surface area contributed by atoms with Gasteiger partial charge < -0.3 is 20.3 Å². The summed E-state index contributed by atoms with van der Waals surface area (Å²) in [6, 6.07) is 14.0. The van der Waals surface area contributed by atoms with Crippen LogP contribution in [0.5, 0.6) is 0 Å². The summed E-state index contributed by atoms with van der Waals surface area (Å²) in [5.41, 5.74) is 3.03. The number of aliphatic hydroxyl groups excluding tert-OH is 1. The summed E-state index contributed by atoms with van der Waals surface area (Å²) in [5, 5.41) is 21.8. The van der Waals surface area contributed by atoms with Gasteiger partial charge in [-0.25, -0.2) is 9.37 Å². The average Bonchev–Trinajstić information content (AvgIpc) is 3.03. The molecule has 0 aliphatic carbocycles. The maximum atomic E-state index is 15.3. The second-order valence-electron chi connectivity index (χ2n) is 12.7. The highest BCUT2D eigenvalue weighted by molar-refractivity contribution is 5.83. The smallest absolute Gasteiger partial charge is 0.282 e. The van der Waals surface area contributed by atoms with Gasteiger partial charge in [-0.1, -0.05) is 39.0 Å². The molecule has 10 heteroatoms. The summed E-state index contributed by atoms with van der Waals surface area (Å²) < 4.78 is 17.9. The van der Waals surface area contributed by atoms with Crippen molar-refractivity contribution in [2.75, 3.05) is 18.4 Å². The lowest BCUT2D eigenvalue weighted by Crippen LogP contribution is -2.26. The minimum Gasteiger partial charge on any atom is -0.392 e. The van der Waals surface area contributed by atoms with Crippen LogP contribution in [0.1, 0.15) is 56.2 Å². The minimum absolute atomic E-state index is 0.0699. The van der Waals surface area contributed by atoms with E-state index in [0.29, 0.717) is 45.2 Å². The molecule has 0 spiro atoms. The van der Waals surface area contributed by atoms with Gasteiger partial charge in [-0.2, -0.15) is 9.78 Å². The van der Waals surface area contributed by atoms with E-state index in [1.54, 1.807) is 43.6 Å². The van der Waals surface area contributed by atoms with Crippen molar-refractivity contribution in [2.45, 2.75) is 51.6 Å². The van der Waals surface area contributed by atoms with Gasteiger partial charge in [0.05, 0.1) is 23.9 Å². The van der Waals surface area contributed by atoms with Crippen LogP contribution in [0.15, 0.2) is 76.7 Å². The predicted octanol–water partition coefficient (Wildman–Crippen LogP) is 5.29. The van der Waals surface area contributed by atoms with Crippen molar-refractivity contribution in [1.29, 1.82) is 0 Å². The van der Waals surface area contributed by atoms with Gasteiger partial charge in [0.2, 0.25) is 0 Å². The number of nitrogens with zero attached hydrogens (tertiary/aromatic N) is 4. The molecular weight excluding hydrogens is 571 g/mol. The number of hydrogen-bond donors (Lipinski definition) is 3. The molecule has 9 nitrogen and oxygen atoms in total. The molecule has 4 heterocycles. The van der Waals surface area contributed by atoms with Crippen molar-refractivity contribution in [2.24, 2.45) is 7.05 Å². The van der Waals surface area contributed by atoms with Crippen LogP contribution in [-0.4, -0.2) is 37.5 Å². The van der Waals surface area contributed by atoms with E-state index in [4.69, 9.17) is 0 Å². The fraction of sp³-hybridized carbons (Fsp3) is 0.314. The third kappa shape index (κ3) is 5.91. The van der Waals surface area contributed by atoms with Gasteiger partial charge in [0.25, 0.3) is 11.1 Å². The van der Waals surface area contributed by atoms with E-state index < -0.39 is 18.0 Å². The highest BCUT2D eigenvalue weighted by Crippen LogP contribution is 2.31. The third-order valence-electron chi connectivity index (χ3n) is 8.60. The maximum Gasteiger partial charge on any atom is 0.282 e. The van der Waals surface area contributed by atoms with Crippen LogP contribution >= 0.6 is 0 Å². The molecule has 6 rings (SSSR count). The molecule has 1 saturated heterocycles. The van der Waals surface area contributed by atoms with Crippen molar-refractivity contribution in [3.63, 3.8) is 0 Å². The summed E-state index contributed by atoms with van der Waals surface area (Å²) >= 11 is 0. The molecule has 45 heavy (non-hydrogen) atoms. The van der Waals surface area contributed by atoms with Crippen LogP contribution in [0.4, 0.5) is 15.9 Å². The second-order valence-corrected chi connectivity index (χ2v) is 12.7. The van der Waals surface area contributed by atoms with Crippen molar-refractivity contribution in [1.82, 2.24) is 24.6 Å². The zero-order chi connectivity index (χ0) is 31.9. The molecular formula is C35H37FN6O3. The van der Waals surface area contributed by atoms with Gasteiger partial charge in [0.15, 0.2) is 0 Å². The zero-order valence-corrected chi connectivity index (χ0v) is 25.9. The maximum absolute atomic E-state index is 15.3. The SMILES string of the molecule is Cn1cc(-c2cccc(-n3ncc4cc(C(C)(C)C)cc(F)c4c3=O)c2CO)cc(Nc2ccc(C3CCNCC3)cn2)c1=O. The molecule has 0 saturated carbocycles. The highest BCUT2D eigenvalue weighted by Gasteiger charge is 2.21. The number of fused-ring (bicyclic) bond motifs is 1. The zero-order valence-electron chi connectivity index (χ0n) is 25.9. The van der Waals surface area contributed by atoms with Crippen molar-refractivity contribution in [3.8, 4) is 16.8 Å². The second kappa shape index (κ2) is 12.0. The van der Waals surface area contributed by atoms with E-state index in [1.165, 1.54) is 22.4 Å². The van der Waals surface area contributed by atoms with Crippen LogP contribution in [0.2, 0.25) is 0 Å². The number of aliphatic hydroxyl groups is 1. The van der Waals surface area contributed by atoms with Gasteiger partial charge in [-0.05, 0) is 84.3 Å². The molecule has 1 aliphatic rings. The molecule has 0 amide bonds. The van der Waals surface area contributed by atoms with E-state index in [1.807, 2.05) is 39.1 Å². The van der Waals surface area contributed by atoms with Gasteiger partial charge in [0, 0.05) is 36.0 Å². The first-order valence-corrected chi connectivity index (χ1v) is 15.1. The van der Waals surface area contributed by atoms with Crippen LogP contribution in [0.3, 0.4) is 0 Å². The first-order chi connectivity index (χ1) is 21.5. The van der Waals surface area contributed by atoms with E-state index in [-0.39, 0.29) is 16.4 Å². The number of pyridine rings is 2. The van der Waals surface area contributed by atoms with Crippen LogP contribution in [-0.2, 0) is 19.1 Å². The average molecular weight is 609 g/mol. The number of halogens is 1. The van der Waals surface area contributed by atoms with E-state index in [9.17, 15) is 14.7 Å². The van der Waals surface area contributed by atoms with Crippen molar-refractivity contribution in [3.05, 3.63) is 110 Å². The number of aromatic nitrogens is 4. The normalized spacial score (nSPS) is 14.2. The molecule has 0 unspecified atom stereocenters. The Bertz CT molecular complexity index is 2000. The first-order valence-electron chi connectivity index (χ1n) is 15.1. The molecule has 0 bridgehead atoms. The van der Waals surface area contributed by atoms with E-state index in [0.717, 1.165) is 36.2 Å². The first kappa shape index (κ1) is 30.4. The Morgan fingerprint density at radius 1 is 1.04 bits per heavy atom. The topological polar surface area (TPSA) is 114 Å². The van der Waals surface area contributed by atoms with Gasteiger partial charge in [0.1, 0.15) is 17.3 Å². The van der Waals surface area contributed by atoms with Gasteiger partial charge >= 0.3 is 0 Å². The number of benzene rings is 2. The Hall–Kier alpha value is -4.67. The number of hydrogen-bond acceptors (Lipinski definition) is 7. The van der Waals surface area contributed by atoms with E-state index >= 15 is 4.39 Å². The number of aryl methyl sites for hydroxylation is 1. The molecule has 2 aromatic carbocycles. The Labute approximate surface area is 260 Å². The fourth-order valence-corrected chi connectivity index (χ4v) is 6.01. The quantitative estimate of drug-likeness (QED) is 0.240. The minimum atomic E-state index is -0.626. The molecule has 0 radical (unpaired) electrons. The third-order valence-corrected chi connectivity index (χ3v) is 8.60. The molecule has 3 N–H and O–H groups in total. The molecule has 1 fully saturated rings. The molecule has 3 aromatic heterocycles. The highest BCUT2D eigenvalue weighted by atomic mass is 19.1. The summed E-state index contributed by atoms with van der Waals surface area (Å²) in [7, 11) is 1.65. The van der Waals surface area contributed by atoms with Gasteiger partial charge in [-0.15, -0.1) is 0 Å². The van der Waals surface area contributed by atoms with Gasteiger partial charge in [-0.3, -0.25) is 9.59 Å². The fourth-order valence-electron chi connectivity index (χ4n) is 6.01. The summed E-state index contributed by atoms with van der Waals surface area (Å²) in [5.74, 6) is 0.392. The molecule has 1 aliphatic heterocycles. The Morgan fingerprint density at radius 2 is 1.82 bits per heavy atom.